The van der Waals surface area contributed by atoms with E-state index in [1.807, 2.05) is 12.1 Å². The molecule has 2 heterocycles. The molecule has 0 saturated heterocycles. The topological polar surface area (TPSA) is 116 Å². The highest BCUT2D eigenvalue weighted by Gasteiger charge is 2.18. The third-order valence-electron chi connectivity index (χ3n) is 5.65. The Kier molecular flexibility index (Phi) is 6.37. The second-order valence-corrected chi connectivity index (χ2v) is 8.49. The Morgan fingerprint density at radius 3 is 2.68 bits per heavy atom. The van der Waals surface area contributed by atoms with Crippen LogP contribution in [-0.2, 0) is 4.79 Å². The number of nitrogens with zero attached hydrogens (tertiary/aromatic N) is 3. The quantitative estimate of drug-likeness (QED) is 0.295. The zero-order chi connectivity index (χ0) is 26.1. The number of furan rings is 1. The van der Waals surface area contributed by atoms with Crippen molar-refractivity contribution in [2.45, 2.75) is 13.0 Å². The number of aromatic nitrogens is 2. The number of aliphatic carboxylic acids is 1. The van der Waals surface area contributed by atoms with Crippen molar-refractivity contribution in [3.63, 3.8) is 0 Å². The van der Waals surface area contributed by atoms with E-state index >= 15 is 0 Å². The summed E-state index contributed by atoms with van der Waals surface area (Å²) in [6.45, 7) is 1.41. The summed E-state index contributed by atoms with van der Waals surface area (Å²) in [5.74, 6) is 0.277. The second kappa shape index (κ2) is 9.79. The summed E-state index contributed by atoms with van der Waals surface area (Å²) < 4.78 is 18.0. The van der Waals surface area contributed by atoms with Gasteiger partial charge in [-0.05, 0) is 61.0 Å². The summed E-state index contributed by atoms with van der Waals surface area (Å²) >= 11 is 6.28. The van der Waals surface area contributed by atoms with Crippen LogP contribution in [0.1, 0.15) is 12.5 Å². The molecular formula is C27H20ClN3O6. The Balaban J connectivity index is 1.60. The number of carboxylic acids is 1. The van der Waals surface area contributed by atoms with E-state index in [0.717, 1.165) is 10.1 Å². The van der Waals surface area contributed by atoms with E-state index in [1.165, 1.54) is 19.2 Å². The molecule has 0 spiro atoms. The molecule has 5 rings (SSSR count). The zero-order valence-corrected chi connectivity index (χ0v) is 20.5. The number of fused-ring (bicyclic) bond motifs is 2. The maximum atomic E-state index is 13.4. The summed E-state index contributed by atoms with van der Waals surface area (Å²) in [7, 11) is 1.57. The molecule has 186 valence electrons. The third-order valence-corrected chi connectivity index (χ3v) is 5.94. The van der Waals surface area contributed by atoms with Gasteiger partial charge in [-0.2, -0.15) is 9.78 Å². The van der Waals surface area contributed by atoms with E-state index in [2.05, 4.69) is 10.1 Å². The molecule has 37 heavy (non-hydrogen) atoms. The zero-order valence-electron chi connectivity index (χ0n) is 19.7. The highest BCUT2D eigenvalue weighted by atomic mass is 35.5. The molecule has 10 heteroatoms. The molecule has 0 unspecified atom stereocenters. The van der Waals surface area contributed by atoms with Crippen LogP contribution >= 0.6 is 11.6 Å². The Labute approximate surface area is 215 Å². The summed E-state index contributed by atoms with van der Waals surface area (Å²) in [5, 5.41) is 14.8. The Morgan fingerprint density at radius 2 is 1.92 bits per heavy atom. The average molecular weight is 518 g/mol. The number of hydrogen-bond donors (Lipinski definition) is 1. The van der Waals surface area contributed by atoms with Crippen LogP contribution in [0.15, 0.2) is 81.0 Å². The SMILES string of the molecule is COc1cccc2oc(-c3nc4ccccc4c(=O)n3N=Cc3ccc(O[C@@H](C)C(=O)O)c(Cl)c3)cc12. The molecule has 5 aromatic rings. The maximum absolute atomic E-state index is 13.4. The predicted molar refractivity (Wildman–Crippen MR) is 140 cm³/mol. The van der Waals surface area contributed by atoms with Crippen molar-refractivity contribution in [1.29, 1.82) is 0 Å². The normalized spacial score (nSPS) is 12.3. The van der Waals surface area contributed by atoms with Gasteiger partial charge in [0.05, 0.1) is 34.6 Å². The van der Waals surface area contributed by atoms with Crippen LogP contribution in [0.3, 0.4) is 0 Å². The number of ether oxygens (including phenoxy) is 2. The van der Waals surface area contributed by atoms with Gasteiger partial charge in [0.2, 0.25) is 5.82 Å². The number of carboxylic acid groups (broad SMARTS) is 1. The van der Waals surface area contributed by atoms with Gasteiger partial charge < -0.3 is 19.0 Å². The van der Waals surface area contributed by atoms with Crippen LogP contribution in [0.25, 0.3) is 33.5 Å². The third kappa shape index (κ3) is 4.64. The molecule has 0 aliphatic heterocycles. The van der Waals surface area contributed by atoms with Crippen molar-refractivity contribution in [1.82, 2.24) is 9.66 Å². The van der Waals surface area contributed by atoms with Gasteiger partial charge in [-0.25, -0.2) is 9.78 Å². The molecule has 0 amide bonds. The van der Waals surface area contributed by atoms with E-state index < -0.39 is 12.1 Å². The number of carbonyl (C=O) groups is 1. The van der Waals surface area contributed by atoms with E-state index in [-0.39, 0.29) is 22.2 Å². The lowest BCUT2D eigenvalue weighted by atomic mass is 10.2. The number of benzene rings is 3. The molecule has 0 radical (unpaired) electrons. The van der Waals surface area contributed by atoms with Crippen molar-refractivity contribution < 1.29 is 23.8 Å². The van der Waals surface area contributed by atoms with Crippen LogP contribution in [-0.4, -0.2) is 40.2 Å². The van der Waals surface area contributed by atoms with Gasteiger partial charge in [-0.15, -0.1) is 0 Å². The number of hydrogen-bond acceptors (Lipinski definition) is 7. The first-order valence-electron chi connectivity index (χ1n) is 11.2. The second-order valence-electron chi connectivity index (χ2n) is 8.08. The summed E-state index contributed by atoms with van der Waals surface area (Å²) in [5.41, 5.74) is 1.24. The molecule has 0 saturated carbocycles. The highest BCUT2D eigenvalue weighted by Crippen LogP contribution is 2.33. The van der Waals surface area contributed by atoms with Crippen molar-refractivity contribution in [2.24, 2.45) is 5.10 Å². The van der Waals surface area contributed by atoms with Crippen LogP contribution in [0.2, 0.25) is 5.02 Å². The maximum Gasteiger partial charge on any atom is 0.344 e. The fourth-order valence-electron chi connectivity index (χ4n) is 3.77. The molecule has 0 fully saturated rings. The summed E-state index contributed by atoms with van der Waals surface area (Å²) in [6, 6.07) is 18.9. The summed E-state index contributed by atoms with van der Waals surface area (Å²) in [4.78, 5) is 29.2. The van der Waals surface area contributed by atoms with Crippen LogP contribution in [0.5, 0.6) is 11.5 Å². The first-order chi connectivity index (χ1) is 17.9. The van der Waals surface area contributed by atoms with E-state index in [9.17, 15) is 9.59 Å². The molecule has 1 N–H and O–H groups in total. The largest absolute Gasteiger partial charge is 0.496 e. The molecular weight excluding hydrogens is 498 g/mol. The predicted octanol–water partition coefficient (Wildman–Crippen LogP) is 5.21. The van der Waals surface area contributed by atoms with Crippen molar-refractivity contribution in [3.8, 4) is 23.1 Å². The van der Waals surface area contributed by atoms with E-state index in [4.69, 9.17) is 30.6 Å². The summed E-state index contributed by atoms with van der Waals surface area (Å²) in [6.07, 6.45) is 0.380. The number of para-hydroxylation sites is 1. The lowest BCUT2D eigenvalue weighted by Crippen LogP contribution is -2.23. The number of rotatable bonds is 7. The minimum absolute atomic E-state index is 0.200. The smallest absolute Gasteiger partial charge is 0.344 e. The van der Waals surface area contributed by atoms with E-state index in [0.29, 0.717) is 33.6 Å². The van der Waals surface area contributed by atoms with Gasteiger partial charge in [0, 0.05) is 0 Å². The minimum Gasteiger partial charge on any atom is -0.496 e. The van der Waals surface area contributed by atoms with Crippen LogP contribution < -0.4 is 15.0 Å². The van der Waals surface area contributed by atoms with Crippen LogP contribution in [0, 0.1) is 0 Å². The van der Waals surface area contributed by atoms with Crippen molar-refractivity contribution >= 4 is 45.7 Å². The highest BCUT2D eigenvalue weighted by molar-refractivity contribution is 6.32. The van der Waals surface area contributed by atoms with Gasteiger partial charge in [-0.3, -0.25) is 4.79 Å². The molecule has 2 aromatic heterocycles. The first-order valence-corrected chi connectivity index (χ1v) is 11.6. The Bertz CT molecular complexity index is 1740. The number of methoxy groups -OCH3 is 1. The molecule has 9 nitrogen and oxygen atoms in total. The van der Waals surface area contributed by atoms with Crippen molar-refractivity contribution in [2.75, 3.05) is 7.11 Å². The fraction of sp³-hybridized carbons (Fsp3) is 0.111. The monoisotopic (exact) mass is 517 g/mol. The van der Waals surface area contributed by atoms with Gasteiger partial charge in [0.1, 0.15) is 17.1 Å². The van der Waals surface area contributed by atoms with Gasteiger partial charge >= 0.3 is 5.97 Å². The molecule has 3 aromatic carbocycles. The lowest BCUT2D eigenvalue weighted by molar-refractivity contribution is -0.144. The van der Waals surface area contributed by atoms with Gasteiger partial charge in [0.25, 0.3) is 5.56 Å². The molecule has 1 atom stereocenters. The molecule has 0 aliphatic carbocycles. The molecule has 0 aliphatic rings. The van der Waals surface area contributed by atoms with Gasteiger partial charge in [-0.1, -0.05) is 29.8 Å². The van der Waals surface area contributed by atoms with Gasteiger partial charge in [0.15, 0.2) is 11.9 Å². The minimum atomic E-state index is -1.11. The Morgan fingerprint density at radius 1 is 1.11 bits per heavy atom. The van der Waals surface area contributed by atoms with E-state index in [1.54, 1.807) is 55.6 Å². The standard InChI is InChI=1S/C27H20ClN3O6/c1-15(27(33)34)36-23-11-10-16(12-19(23)28)14-29-31-25(30-20-7-4-3-6-17(20)26(31)32)24-13-18-21(35-2)8-5-9-22(18)37-24/h3-15H,1-2H3,(H,33,34)/t15-/m0/s1. The Hall–Kier alpha value is -4.63. The number of halogens is 1. The fourth-order valence-corrected chi connectivity index (χ4v) is 4.00. The van der Waals surface area contributed by atoms with Crippen molar-refractivity contribution in [3.05, 3.63) is 87.7 Å². The first kappa shape index (κ1) is 24.1. The van der Waals surface area contributed by atoms with Crippen LogP contribution in [0.4, 0.5) is 0 Å². The lowest BCUT2D eigenvalue weighted by Gasteiger charge is -2.12. The average Bonchev–Trinajstić information content (AvgIpc) is 3.34. The molecule has 0 bridgehead atoms.